The van der Waals surface area contributed by atoms with E-state index in [1.807, 2.05) is 17.0 Å². The lowest BCUT2D eigenvalue weighted by molar-refractivity contribution is -0.147. The van der Waals surface area contributed by atoms with Gasteiger partial charge in [-0.15, -0.1) is 0 Å². The summed E-state index contributed by atoms with van der Waals surface area (Å²) in [5, 5.41) is 8.86. The Hall–Kier alpha value is -2.61. The Morgan fingerprint density at radius 2 is 1.88 bits per heavy atom. The van der Waals surface area contributed by atoms with Gasteiger partial charge in [-0.25, -0.2) is 0 Å². The number of pyridine rings is 1. The maximum Gasteiger partial charge on any atom is 0.417 e. The number of aromatic nitrogens is 1. The number of aliphatic carboxylic acids is 1. The molecule has 0 unspecified atom stereocenters. The third-order valence-corrected chi connectivity index (χ3v) is 4.17. The molecule has 1 saturated heterocycles. The van der Waals surface area contributed by atoms with Crippen LogP contribution in [0, 0.1) is 5.92 Å². The molecular formula is C18H17F3N2O3. The van der Waals surface area contributed by atoms with Crippen LogP contribution in [0.1, 0.15) is 16.8 Å². The lowest BCUT2D eigenvalue weighted by atomic mass is 10.00. The van der Waals surface area contributed by atoms with Crippen molar-refractivity contribution >= 4 is 5.97 Å². The predicted molar refractivity (Wildman–Crippen MR) is 86.4 cm³/mol. The van der Waals surface area contributed by atoms with Crippen molar-refractivity contribution in [1.82, 2.24) is 9.88 Å². The highest BCUT2D eigenvalue weighted by Gasteiger charge is 2.32. The molecular weight excluding hydrogens is 349 g/mol. The Morgan fingerprint density at radius 3 is 2.42 bits per heavy atom. The van der Waals surface area contributed by atoms with Crippen LogP contribution in [-0.4, -0.2) is 34.0 Å². The zero-order valence-corrected chi connectivity index (χ0v) is 13.7. The van der Waals surface area contributed by atoms with E-state index in [-0.39, 0.29) is 12.5 Å². The number of halogens is 3. The van der Waals surface area contributed by atoms with E-state index in [0.29, 0.717) is 31.1 Å². The Kier molecular flexibility index (Phi) is 5.13. The molecule has 138 valence electrons. The van der Waals surface area contributed by atoms with E-state index < -0.39 is 17.7 Å². The quantitative estimate of drug-likeness (QED) is 0.851. The van der Waals surface area contributed by atoms with Crippen molar-refractivity contribution in [2.45, 2.75) is 19.3 Å². The van der Waals surface area contributed by atoms with E-state index in [2.05, 4.69) is 4.98 Å². The Bertz CT molecular complexity index is 755. The summed E-state index contributed by atoms with van der Waals surface area (Å²) in [5.74, 6) is -0.460. The second-order valence-corrected chi connectivity index (χ2v) is 6.20. The zero-order chi connectivity index (χ0) is 18.7. The maximum atomic E-state index is 12.5. The number of carbonyl (C=O) groups is 1. The predicted octanol–water partition coefficient (Wildman–Crippen LogP) is 3.20. The number of carboxylic acids is 1. The molecule has 0 saturated carbocycles. The molecule has 1 aromatic carbocycles. The first-order chi connectivity index (χ1) is 12.3. The minimum absolute atomic E-state index is 0.0733. The normalized spacial score (nSPS) is 15.5. The van der Waals surface area contributed by atoms with Crippen molar-refractivity contribution in [3.8, 4) is 5.75 Å². The summed E-state index contributed by atoms with van der Waals surface area (Å²) in [7, 11) is 0. The van der Waals surface area contributed by atoms with Gasteiger partial charge in [0.25, 0.3) is 0 Å². The van der Waals surface area contributed by atoms with Crippen molar-refractivity contribution in [1.29, 1.82) is 0 Å². The minimum atomic E-state index is -4.40. The Balaban J connectivity index is 1.48. The summed E-state index contributed by atoms with van der Waals surface area (Å²) >= 11 is 0. The van der Waals surface area contributed by atoms with Crippen LogP contribution in [0.3, 0.4) is 0 Å². The number of carboxylic acid groups (broad SMARTS) is 1. The van der Waals surface area contributed by atoms with Gasteiger partial charge in [0.05, 0.1) is 17.2 Å². The first-order valence-electron chi connectivity index (χ1n) is 8.00. The second kappa shape index (κ2) is 7.33. The van der Waals surface area contributed by atoms with Gasteiger partial charge in [-0.2, -0.15) is 13.2 Å². The third kappa shape index (κ3) is 4.51. The molecule has 0 bridgehead atoms. The maximum absolute atomic E-state index is 12.5. The van der Waals surface area contributed by atoms with Gasteiger partial charge in [-0.1, -0.05) is 12.1 Å². The minimum Gasteiger partial charge on any atom is -0.487 e. The van der Waals surface area contributed by atoms with Gasteiger partial charge < -0.3 is 9.84 Å². The second-order valence-electron chi connectivity index (χ2n) is 6.20. The van der Waals surface area contributed by atoms with E-state index in [0.717, 1.165) is 17.8 Å². The molecule has 0 radical (unpaired) electrons. The fourth-order valence-corrected chi connectivity index (χ4v) is 2.64. The van der Waals surface area contributed by atoms with Gasteiger partial charge in [-0.3, -0.25) is 14.7 Å². The van der Waals surface area contributed by atoms with Crippen molar-refractivity contribution in [3.63, 3.8) is 0 Å². The summed E-state index contributed by atoms with van der Waals surface area (Å²) < 4.78 is 43.0. The molecule has 0 amide bonds. The van der Waals surface area contributed by atoms with Gasteiger partial charge in [0.2, 0.25) is 0 Å². The molecule has 0 atom stereocenters. The molecule has 2 aromatic rings. The first kappa shape index (κ1) is 18.2. The van der Waals surface area contributed by atoms with Crippen LogP contribution >= 0.6 is 0 Å². The highest BCUT2D eigenvalue weighted by Crippen LogP contribution is 2.28. The van der Waals surface area contributed by atoms with Crippen LogP contribution in [0.2, 0.25) is 0 Å². The average Bonchev–Trinajstić information content (AvgIpc) is 2.56. The van der Waals surface area contributed by atoms with Crippen LogP contribution in [0.5, 0.6) is 5.75 Å². The van der Waals surface area contributed by atoms with Crippen LogP contribution in [0.25, 0.3) is 0 Å². The molecule has 26 heavy (non-hydrogen) atoms. The number of hydrogen-bond acceptors (Lipinski definition) is 4. The van der Waals surface area contributed by atoms with Crippen molar-refractivity contribution < 1.29 is 27.8 Å². The summed E-state index contributed by atoms with van der Waals surface area (Å²) in [6.07, 6.45) is -3.61. The first-order valence-corrected chi connectivity index (χ1v) is 8.00. The molecule has 5 nitrogen and oxygen atoms in total. The molecule has 1 aromatic heterocycles. The Morgan fingerprint density at radius 1 is 1.19 bits per heavy atom. The molecule has 1 aliphatic rings. The van der Waals surface area contributed by atoms with E-state index >= 15 is 0 Å². The van der Waals surface area contributed by atoms with Gasteiger partial charge >= 0.3 is 12.1 Å². The number of alkyl halides is 3. The topological polar surface area (TPSA) is 62.7 Å². The van der Waals surface area contributed by atoms with Crippen LogP contribution < -0.4 is 4.74 Å². The number of ether oxygens (including phenoxy) is 1. The SMILES string of the molecule is O=C(O)C1CN(Cc2ccc(OCc3ccc(C(F)(F)F)cn3)cc2)C1. The molecule has 8 heteroatoms. The number of nitrogens with zero attached hydrogens (tertiary/aromatic N) is 2. The number of rotatable bonds is 6. The van der Waals surface area contributed by atoms with Gasteiger partial charge in [0.15, 0.2) is 0 Å². The molecule has 1 N–H and O–H groups in total. The zero-order valence-electron chi connectivity index (χ0n) is 13.7. The Labute approximate surface area is 148 Å². The fraction of sp³-hybridized carbons (Fsp3) is 0.333. The van der Waals surface area contributed by atoms with Gasteiger partial charge in [-0.05, 0) is 29.8 Å². The standard InChI is InChI=1S/C18H17F3N2O3/c19-18(20,21)14-3-4-15(22-7-14)11-26-16-5-1-12(2-6-16)8-23-9-13(10-23)17(24)25/h1-7,13H,8-11H2,(H,24,25). The van der Waals surface area contributed by atoms with Gasteiger partial charge in [0.1, 0.15) is 12.4 Å². The van der Waals surface area contributed by atoms with Crippen LogP contribution in [0.4, 0.5) is 13.2 Å². The molecule has 0 spiro atoms. The number of hydrogen-bond donors (Lipinski definition) is 1. The van der Waals surface area contributed by atoms with Crippen LogP contribution in [0.15, 0.2) is 42.6 Å². The summed E-state index contributed by atoms with van der Waals surface area (Å²) in [6, 6.07) is 9.57. The largest absolute Gasteiger partial charge is 0.487 e. The van der Waals surface area contributed by atoms with Crippen molar-refractivity contribution in [3.05, 3.63) is 59.4 Å². The number of benzene rings is 1. The highest BCUT2D eigenvalue weighted by molar-refractivity contribution is 5.71. The molecule has 3 rings (SSSR count). The average molecular weight is 366 g/mol. The summed E-state index contributed by atoms with van der Waals surface area (Å²) in [5.41, 5.74) is 0.651. The third-order valence-electron chi connectivity index (χ3n) is 4.17. The summed E-state index contributed by atoms with van der Waals surface area (Å²) in [4.78, 5) is 16.6. The molecule has 1 fully saturated rings. The van der Waals surface area contributed by atoms with Crippen molar-refractivity contribution in [2.75, 3.05) is 13.1 Å². The lowest BCUT2D eigenvalue weighted by Gasteiger charge is -2.36. The smallest absolute Gasteiger partial charge is 0.417 e. The van der Waals surface area contributed by atoms with E-state index in [1.54, 1.807) is 12.1 Å². The lowest BCUT2D eigenvalue weighted by Crippen LogP contribution is -2.49. The van der Waals surface area contributed by atoms with Gasteiger partial charge in [0, 0.05) is 25.8 Å². The molecule has 2 heterocycles. The molecule has 1 aliphatic heterocycles. The van der Waals surface area contributed by atoms with E-state index in [1.165, 1.54) is 6.07 Å². The fourth-order valence-electron chi connectivity index (χ4n) is 2.64. The molecule has 0 aliphatic carbocycles. The van der Waals surface area contributed by atoms with E-state index in [9.17, 15) is 18.0 Å². The monoisotopic (exact) mass is 366 g/mol. The van der Waals surface area contributed by atoms with E-state index in [4.69, 9.17) is 9.84 Å². The number of likely N-dealkylation sites (tertiary alicyclic amines) is 1. The van der Waals surface area contributed by atoms with Crippen molar-refractivity contribution in [2.24, 2.45) is 5.92 Å². The summed E-state index contributed by atoms with van der Waals surface area (Å²) in [6.45, 7) is 1.84. The van der Waals surface area contributed by atoms with Crippen LogP contribution in [-0.2, 0) is 24.1 Å². The highest BCUT2D eigenvalue weighted by atomic mass is 19.4.